The second kappa shape index (κ2) is 8.04. The molecular formula is C19H20N2O5S2. The van der Waals surface area contributed by atoms with E-state index in [1.807, 2.05) is 24.4 Å². The maximum absolute atomic E-state index is 12.6. The van der Waals surface area contributed by atoms with E-state index in [-0.39, 0.29) is 11.5 Å². The minimum Gasteiger partial charge on any atom is -0.487 e. The van der Waals surface area contributed by atoms with Crippen molar-refractivity contribution in [1.29, 1.82) is 0 Å². The minimum absolute atomic E-state index is 0.246. The molecule has 0 N–H and O–H groups in total. The van der Waals surface area contributed by atoms with Gasteiger partial charge in [0, 0.05) is 13.1 Å². The first kappa shape index (κ1) is 19.1. The van der Waals surface area contributed by atoms with Crippen LogP contribution in [0.2, 0.25) is 0 Å². The van der Waals surface area contributed by atoms with Gasteiger partial charge in [0.15, 0.2) is 0 Å². The second-order valence-corrected chi connectivity index (χ2v) is 9.16. The van der Waals surface area contributed by atoms with Crippen molar-refractivity contribution in [3.8, 4) is 16.5 Å². The molecule has 0 radical (unpaired) electrons. The topological polar surface area (TPSA) is 81.9 Å². The first-order valence-electron chi connectivity index (χ1n) is 8.85. The Bertz CT molecular complexity index is 1020. The number of nitrogens with zero attached hydrogens (tertiary/aromatic N) is 2. The summed E-state index contributed by atoms with van der Waals surface area (Å²) in [5.74, 6) is 1.86. The van der Waals surface area contributed by atoms with Gasteiger partial charge in [-0.3, -0.25) is 0 Å². The van der Waals surface area contributed by atoms with Gasteiger partial charge in [-0.25, -0.2) is 13.4 Å². The van der Waals surface area contributed by atoms with E-state index in [1.54, 1.807) is 35.6 Å². The Balaban J connectivity index is 1.42. The zero-order chi connectivity index (χ0) is 19.6. The largest absolute Gasteiger partial charge is 0.487 e. The molecule has 148 valence electrons. The molecule has 1 saturated heterocycles. The van der Waals surface area contributed by atoms with E-state index >= 15 is 0 Å². The van der Waals surface area contributed by atoms with Crippen molar-refractivity contribution in [1.82, 2.24) is 9.29 Å². The van der Waals surface area contributed by atoms with E-state index in [4.69, 9.17) is 13.9 Å². The third-order valence-electron chi connectivity index (χ3n) is 4.43. The average Bonchev–Trinajstić information content (AvgIpc) is 3.37. The highest BCUT2D eigenvalue weighted by Gasteiger charge is 2.26. The maximum Gasteiger partial charge on any atom is 0.243 e. The molecule has 4 rings (SSSR count). The van der Waals surface area contributed by atoms with Gasteiger partial charge < -0.3 is 13.9 Å². The summed E-state index contributed by atoms with van der Waals surface area (Å²) in [5, 5.41) is 1.97. The Labute approximate surface area is 167 Å². The Kier molecular flexibility index (Phi) is 5.49. The molecule has 0 spiro atoms. The van der Waals surface area contributed by atoms with Crippen LogP contribution in [-0.4, -0.2) is 44.0 Å². The summed E-state index contributed by atoms with van der Waals surface area (Å²) in [6.45, 7) is 3.68. The van der Waals surface area contributed by atoms with E-state index < -0.39 is 10.0 Å². The van der Waals surface area contributed by atoms with Gasteiger partial charge in [-0.05, 0) is 42.6 Å². The lowest BCUT2D eigenvalue weighted by Gasteiger charge is -2.26. The molecular weight excluding hydrogens is 400 g/mol. The summed E-state index contributed by atoms with van der Waals surface area (Å²) < 4.78 is 43.4. The van der Waals surface area contributed by atoms with Crippen molar-refractivity contribution < 1.29 is 22.3 Å². The Morgan fingerprint density at radius 3 is 2.61 bits per heavy atom. The van der Waals surface area contributed by atoms with Crippen molar-refractivity contribution in [2.75, 3.05) is 26.3 Å². The molecule has 0 atom stereocenters. The SMILES string of the molecule is Cc1oc(-c2cccs2)nc1COc1ccc(S(=O)(=O)N2CCOCC2)cc1. The smallest absolute Gasteiger partial charge is 0.243 e. The van der Waals surface area contributed by atoms with Crippen LogP contribution in [0.15, 0.2) is 51.1 Å². The molecule has 7 nitrogen and oxygen atoms in total. The number of ether oxygens (including phenoxy) is 2. The minimum atomic E-state index is -3.50. The summed E-state index contributed by atoms with van der Waals surface area (Å²) in [7, 11) is -3.50. The van der Waals surface area contributed by atoms with Gasteiger partial charge in [0.2, 0.25) is 15.9 Å². The van der Waals surface area contributed by atoms with Gasteiger partial charge in [-0.2, -0.15) is 4.31 Å². The molecule has 28 heavy (non-hydrogen) atoms. The lowest BCUT2D eigenvalue weighted by molar-refractivity contribution is 0.0730. The van der Waals surface area contributed by atoms with Gasteiger partial charge >= 0.3 is 0 Å². The van der Waals surface area contributed by atoms with Gasteiger partial charge in [0.05, 0.1) is 23.0 Å². The molecule has 1 aliphatic rings. The third-order valence-corrected chi connectivity index (χ3v) is 7.20. The molecule has 0 bridgehead atoms. The number of hydrogen-bond acceptors (Lipinski definition) is 7. The van der Waals surface area contributed by atoms with Crippen LogP contribution < -0.4 is 4.74 Å². The highest BCUT2D eigenvalue weighted by atomic mass is 32.2. The number of aryl methyl sites for hydroxylation is 1. The molecule has 2 aromatic heterocycles. The number of sulfonamides is 1. The van der Waals surface area contributed by atoms with E-state index in [1.165, 1.54) is 4.31 Å². The van der Waals surface area contributed by atoms with Crippen LogP contribution in [0.3, 0.4) is 0 Å². The van der Waals surface area contributed by atoms with E-state index in [0.717, 1.165) is 4.88 Å². The van der Waals surface area contributed by atoms with Crippen molar-refractivity contribution >= 4 is 21.4 Å². The molecule has 9 heteroatoms. The summed E-state index contributed by atoms with van der Waals surface area (Å²) in [4.78, 5) is 5.70. The fourth-order valence-electron chi connectivity index (χ4n) is 2.86. The summed E-state index contributed by atoms with van der Waals surface area (Å²) >= 11 is 1.56. The zero-order valence-electron chi connectivity index (χ0n) is 15.3. The fourth-order valence-corrected chi connectivity index (χ4v) is 4.92. The highest BCUT2D eigenvalue weighted by Crippen LogP contribution is 2.27. The van der Waals surface area contributed by atoms with E-state index in [2.05, 4.69) is 4.98 Å². The Morgan fingerprint density at radius 1 is 1.18 bits per heavy atom. The number of oxazole rings is 1. The average molecular weight is 421 g/mol. The lowest BCUT2D eigenvalue weighted by atomic mass is 10.3. The molecule has 0 aliphatic carbocycles. The number of hydrogen-bond donors (Lipinski definition) is 0. The zero-order valence-corrected chi connectivity index (χ0v) is 17.0. The molecule has 3 aromatic rings. The predicted octanol–water partition coefficient (Wildman–Crippen LogP) is 3.31. The monoisotopic (exact) mass is 420 g/mol. The first-order chi connectivity index (χ1) is 13.5. The lowest BCUT2D eigenvalue weighted by Crippen LogP contribution is -2.40. The Hall–Kier alpha value is -2.20. The van der Waals surface area contributed by atoms with Crippen LogP contribution in [0.25, 0.3) is 10.8 Å². The van der Waals surface area contributed by atoms with Crippen LogP contribution in [-0.2, 0) is 21.4 Å². The second-order valence-electron chi connectivity index (χ2n) is 6.28. The molecule has 3 heterocycles. The standard InChI is InChI=1S/C19H20N2O5S2/c1-14-17(20-19(26-14)18-3-2-12-27-18)13-25-15-4-6-16(7-5-15)28(22,23)21-8-10-24-11-9-21/h2-7,12H,8-11,13H2,1H3. The van der Waals surface area contributed by atoms with Crippen molar-refractivity contribution in [3.63, 3.8) is 0 Å². The first-order valence-corrected chi connectivity index (χ1v) is 11.2. The van der Waals surface area contributed by atoms with Gasteiger partial charge in [-0.1, -0.05) is 6.07 Å². The number of benzene rings is 1. The predicted molar refractivity (Wildman–Crippen MR) is 105 cm³/mol. The number of rotatable bonds is 6. The molecule has 0 amide bonds. The van der Waals surface area contributed by atoms with Crippen LogP contribution in [0.5, 0.6) is 5.75 Å². The van der Waals surface area contributed by atoms with E-state index in [0.29, 0.717) is 49.4 Å². The van der Waals surface area contributed by atoms with Crippen molar-refractivity contribution in [2.45, 2.75) is 18.4 Å². The fraction of sp³-hybridized carbons (Fsp3) is 0.316. The molecule has 1 aliphatic heterocycles. The molecule has 1 fully saturated rings. The quantitative estimate of drug-likeness (QED) is 0.609. The van der Waals surface area contributed by atoms with Crippen molar-refractivity contribution in [3.05, 3.63) is 53.2 Å². The van der Waals surface area contributed by atoms with Crippen molar-refractivity contribution in [2.24, 2.45) is 0 Å². The van der Waals surface area contributed by atoms with Crippen LogP contribution in [0, 0.1) is 6.92 Å². The van der Waals surface area contributed by atoms with Gasteiger partial charge in [0.1, 0.15) is 23.8 Å². The molecule has 0 saturated carbocycles. The third kappa shape index (κ3) is 3.97. The summed E-state index contributed by atoms with van der Waals surface area (Å²) in [5.41, 5.74) is 0.716. The van der Waals surface area contributed by atoms with Gasteiger partial charge in [0.25, 0.3) is 0 Å². The molecule has 0 unspecified atom stereocenters. The highest BCUT2D eigenvalue weighted by molar-refractivity contribution is 7.89. The number of morpholine rings is 1. The van der Waals surface area contributed by atoms with E-state index in [9.17, 15) is 8.42 Å². The maximum atomic E-state index is 12.6. The van der Waals surface area contributed by atoms with Crippen LogP contribution in [0.4, 0.5) is 0 Å². The number of aromatic nitrogens is 1. The normalized spacial score (nSPS) is 15.6. The van der Waals surface area contributed by atoms with Crippen LogP contribution in [0.1, 0.15) is 11.5 Å². The summed E-state index contributed by atoms with van der Waals surface area (Å²) in [6, 6.07) is 10.3. The Morgan fingerprint density at radius 2 is 1.93 bits per heavy atom. The van der Waals surface area contributed by atoms with Gasteiger partial charge in [-0.15, -0.1) is 11.3 Å². The van der Waals surface area contributed by atoms with Crippen LogP contribution >= 0.6 is 11.3 Å². The molecule has 1 aromatic carbocycles. The number of thiophene rings is 1. The summed E-state index contributed by atoms with van der Waals surface area (Å²) in [6.07, 6.45) is 0.